The molecule has 4 heteroatoms. The Labute approximate surface area is 104 Å². The fourth-order valence-corrected chi connectivity index (χ4v) is 1.82. The summed E-state index contributed by atoms with van der Waals surface area (Å²) in [5.41, 5.74) is 1.21. The average molecular weight is 259 g/mol. The zero-order valence-corrected chi connectivity index (χ0v) is 10.5. The van der Waals surface area contributed by atoms with E-state index >= 15 is 0 Å². The maximum Gasteiger partial charge on any atom is 0.152 e. The van der Waals surface area contributed by atoms with Crippen molar-refractivity contribution in [2.24, 2.45) is 0 Å². The van der Waals surface area contributed by atoms with E-state index in [1.165, 1.54) is 5.56 Å². The van der Waals surface area contributed by atoms with Gasteiger partial charge in [-0.25, -0.2) is 4.21 Å². The highest BCUT2D eigenvalue weighted by atomic mass is 35.5. The molecule has 0 aliphatic heterocycles. The highest BCUT2D eigenvalue weighted by Gasteiger charge is 1.92. The molecule has 0 aromatic heterocycles. The first kappa shape index (κ1) is 13.4. The van der Waals surface area contributed by atoms with Crippen LogP contribution in [-0.2, 0) is 17.5 Å². The Morgan fingerprint density at radius 1 is 1.25 bits per heavy atom. The number of allylic oxidation sites excluding steroid dienone is 2. The molecule has 0 amide bonds. The van der Waals surface area contributed by atoms with Gasteiger partial charge in [0.25, 0.3) is 0 Å². The SMILES string of the molecule is O=S(O)CCCC=CCc1ccc(Cl)cc1. The van der Waals surface area contributed by atoms with Crippen LogP contribution in [-0.4, -0.2) is 14.5 Å². The fraction of sp³-hybridized carbons (Fsp3) is 0.333. The fourth-order valence-electron chi connectivity index (χ4n) is 1.28. The molecule has 1 aromatic carbocycles. The minimum atomic E-state index is -1.66. The van der Waals surface area contributed by atoms with Crippen molar-refractivity contribution in [1.29, 1.82) is 0 Å². The van der Waals surface area contributed by atoms with E-state index < -0.39 is 11.1 Å². The largest absolute Gasteiger partial charge is 0.306 e. The second-order valence-corrected chi connectivity index (χ2v) is 4.96. The first-order valence-electron chi connectivity index (χ1n) is 5.15. The van der Waals surface area contributed by atoms with E-state index in [4.69, 9.17) is 16.2 Å². The number of hydrogen-bond acceptors (Lipinski definition) is 1. The van der Waals surface area contributed by atoms with E-state index in [1.807, 2.05) is 30.3 Å². The summed E-state index contributed by atoms with van der Waals surface area (Å²) in [5, 5.41) is 0.748. The first-order valence-corrected chi connectivity index (χ1v) is 6.81. The average Bonchev–Trinajstić information content (AvgIpc) is 2.25. The lowest BCUT2D eigenvalue weighted by molar-refractivity contribution is 0.562. The Kier molecular flexibility index (Phi) is 6.38. The molecule has 1 rings (SSSR count). The summed E-state index contributed by atoms with van der Waals surface area (Å²) in [6, 6.07) is 7.74. The van der Waals surface area contributed by atoms with Gasteiger partial charge in [0.05, 0.1) is 0 Å². The molecular weight excluding hydrogens is 244 g/mol. The van der Waals surface area contributed by atoms with Crippen molar-refractivity contribution in [3.8, 4) is 0 Å². The highest BCUT2D eigenvalue weighted by molar-refractivity contribution is 7.79. The van der Waals surface area contributed by atoms with E-state index in [9.17, 15) is 4.21 Å². The Hall–Kier alpha value is -0.640. The van der Waals surface area contributed by atoms with E-state index in [0.717, 1.165) is 24.3 Å². The Morgan fingerprint density at radius 3 is 2.56 bits per heavy atom. The smallest absolute Gasteiger partial charge is 0.152 e. The van der Waals surface area contributed by atoms with E-state index in [-0.39, 0.29) is 0 Å². The number of unbranched alkanes of at least 4 members (excludes halogenated alkanes) is 1. The highest BCUT2D eigenvalue weighted by Crippen LogP contribution is 2.10. The summed E-state index contributed by atoms with van der Waals surface area (Å²) in [5.74, 6) is 0.352. The Bertz CT molecular complexity index is 360. The molecule has 0 fully saturated rings. The molecule has 1 atom stereocenters. The quantitative estimate of drug-likeness (QED) is 0.482. The lowest BCUT2D eigenvalue weighted by Gasteiger charge is -1.96. The van der Waals surface area contributed by atoms with Crippen LogP contribution in [0.2, 0.25) is 5.02 Å². The van der Waals surface area contributed by atoms with Gasteiger partial charge >= 0.3 is 0 Å². The topological polar surface area (TPSA) is 37.3 Å². The van der Waals surface area contributed by atoms with Gasteiger partial charge in [-0.1, -0.05) is 35.9 Å². The van der Waals surface area contributed by atoms with Crippen LogP contribution in [0.4, 0.5) is 0 Å². The van der Waals surface area contributed by atoms with Crippen molar-refractivity contribution in [3.05, 3.63) is 47.0 Å². The molecular formula is C12H15ClO2S. The van der Waals surface area contributed by atoms with Crippen LogP contribution >= 0.6 is 11.6 Å². The minimum Gasteiger partial charge on any atom is -0.306 e. The second-order valence-electron chi connectivity index (χ2n) is 3.47. The molecule has 1 unspecified atom stereocenters. The number of rotatable bonds is 6. The molecule has 1 N–H and O–H groups in total. The molecule has 1 aromatic rings. The molecule has 0 heterocycles. The summed E-state index contributed by atoms with van der Waals surface area (Å²) >= 11 is 4.12. The van der Waals surface area contributed by atoms with Crippen molar-refractivity contribution in [2.75, 3.05) is 5.75 Å². The molecule has 0 saturated heterocycles. The summed E-state index contributed by atoms with van der Waals surface area (Å²) in [7, 11) is 0. The van der Waals surface area contributed by atoms with Crippen molar-refractivity contribution in [3.63, 3.8) is 0 Å². The van der Waals surface area contributed by atoms with E-state index in [0.29, 0.717) is 5.75 Å². The maximum atomic E-state index is 10.4. The monoisotopic (exact) mass is 258 g/mol. The lowest BCUT2D eigenvalue weighted by Crippen LogP contribution is -1.93. The maximum absolute atomic E-state index is 10.4. The van der Waals surface area contributed by atoms with Crippen LogP contribution in [0.5, 0.6) is 0 Å². The van der Waals surface area contributed by atoms with Crippen molar-refractivity contribution in [1.82, 2.24) is 0 Å². The first-order chi connectivity index (χ1) is 7.68. The Morgan fingerprint density at radius 2 is 1.94 bits per heavy atom. The standard InChI is InChI=1S/C12H15ClO2S/c13-12-8-6-11(7-9-12)5-3-1-2-4-10-16(14)15/h1,3,6-9H,2,4-5,10H2,(H,14,15). The van der Waals surface area contributed by atoms with Crippen LogP contribution in [0, 0.1) is 0 Å². The van der Waals surface area contributed by atoms with Gasteiger partial charge < -0.3 is 4.55 Å². The van der Waals surface area contributed by atoms with E-state index in [1.54, 1.807) is 0 Å². The molecule has 88 valence electrons. The normalized spacial score (nSPS) is 13.1. The van der Waals surface area contributed by atoms with Gasteiger partial charge in [-0.15, -0.1) is 0 Å². The molecule has 0 radical (unpaired) electrons. The van der Waals surface area contributed by atoms with Crippen LogP contribution in [0.25, 0.3) is 0 Å². The van der Waals surface area contributed by atoms with Crippen molar-refractivity contribution >= 4 is 22.7 Å². The molecule has 16 heavy (non-hydrogen) atoms. The number of hydrogen-bond donors (Lipinski definition) is 1. The summed E-state index contributed by atoms with van der Waals surface area (Å²) < 4.78 is 18.9. The predicted octanol–water partition coefficient (Wildman–Crippen LogP) is 3.44. The zero-order chi connectivity index (χ0) is 11.8. The van der Waals surface area contributed by atoms with Gasteiger partial charge in [0.1, 0.15) is 0 Å². The molecule has 2 nitrogen and oxygen atoms in total. The molecule has 0 aliphatic rings. The van der Waals surface area contributed by atoms with Crippen LogP contribution in [0.1, 0.15) is 18.4 Å². The van der Waals surface area contributed by atoms with Gasteiger partial charge in [-0.05, 0) is 37.0 Å². The lowest BCUT2D eigenvalue weighted by atomic mass is 10.1. The minimum absolute atomic E-state index is 0.352. The van der Waals surface area contributed by atoms with Crippen molar-refractivity contribution in [2.45, 2.75) is 19.3 Å². The zero-order valence-electron chi connectivity index (χ0n) is 8.93. The molecule has 0 aliphatic carbocycles. The van der Waals surface area contributed by atoms with Gasteiger partial charge in [-0.2, -0.15) is 0 Å². The third-order valence-electron chi connectivity index (χ3n) is 2.12. The third kappa shape index (κ3) is 6.05. The molecule has 0 saturated carbocycles. The summed E-state index contributed by atoms with van der Waals surface area (Å²) in [6.45, 7) is 0. The van der Waals surface area contributed by atoms with E-state index in [2.05, 4.69) is 6.08 Å². The van der Waals surface area contributed by atoms with Crippen LogP contribution in [0.3, 0.4) is 0 Å². The number of benzene rings is 1. The molecule has 0 spiro atoms. The second kappa shape index (κ2) is 7.60. The summed E-state index contributed by atoms with van der Waals surface area (Å²) in [6.07, 6.45) is 6.59. The van der Waals surface area contributed by atoms with Gasteiger partial charge in [0, 0.05) is 10.8 Å². The summed E-state index contributed by atoms with van der Waals surface area (Å²) in [4.78, 5) is 0. The van der Waals surface area contributed by atoms with Gasteiger partial charge in [0.2, 0.25) is 0 Å². The number of halogens is 1. The van der Waals surface area contributed by atoms with Crippen LogP contribution in [0.15, 0.2) is 36.4 Å². The predicted molar refractivity (Wildman–Crippen MR) is 69.2 cm³/mol. The molecule has 0 bridgehead atoms. The van der Waals surface area contributed by atoms with Gasteiger partial charge in [-0.3, -0.25) is 0 Å². The third-order valence-corrected chi connectivity index (χ3v) is 3.01. The van der Waals surface area contributed by atoms with Gasteiger partial charge in [0.15, 0.2) is 11.1 Å². The van der Waals surface area contributed by atoms with Crippen molar-refractivity contribution < 1.29 is 8.76 Å². The van der Waals surface area contributed by atoms with Crippen LogP contribution < -0.4 is 0 Å². The Balaban J connectivity index is 2.21.